The summed E-state index contributed by atoms with van der Waals surface area (Å²) in [5, 5.41) is 6.81. The largest absolute Gasteiger partial charge is 0.383 e. The summed E-state index contributed by atoms with van der Waals surface area (Å²) in [4.78, 5) is 0. The first-order valence-electron chi connectivity index (χ1n) is 5.90. The van der Waals surface area contributed by atoms with E-state index in [0.717, 1.165) is 25.1 Å². The molecule has 14 heavy (non-hydrogen) atoms. The highest BCUT2D eigenvalue weighted by molar-refractivity contribution is 5.54. The molecule has 0 aromatic heterocycles. The number of benzene rings is 1. The van der Waals surface area contributed by atoms with Gasteiger partial charge in [-0.05, 0) is 37.4 Å². The smallest absolute Gasteiger partial charge is 0.0510 e. The third-order valence-corrected chi connectivity index (χ3v) is 3.30. The summed E-state index contributed by atoms with van der Waals surface area (Å²) in [5.74, 6) is 0. The van der Waals surface area contributed by atoms with E-state index in [-0.39, 0.29) is 12.1 Å². The van der Waals surface area contributed by atoms with Gasteiger partial charge in [0, 0.05) is 17.7 Å². The van der Waals surface area contributed by atoms with Crippen molar-refractivity contribution in [3.63, 3.8) is 0 Å². The van der Waals surface area contributed by atoms with Crippen LogP contribution in [0.4, 0.5) is 5.69 Å². The molecule has 1 aromatic rings. The second kappa shape index (κ2) is 2.99. The summed E-state index contributed by atoms with van der Waals surface area (Å²) in [7, 11) is 0. The maximum Gasteiger partial charge on any atom is 0.0510 e. The molecule has 2 atom stereocenters. The first kappa shape index (κ1) is 7.30. The fourth-order valence-corrected chi connectivity index (χ4v) is 2.53. The van der Waals surface area contributed by atoms with E-state index in [2.05, 4.69) is 28.8 Å². The molecule has 0 bridgehead atoms. The molecule has 1 spiro atoms. The normalized spacial score (nSPS) is 36.3. The molecule has 3 rings (SSSR count). The summed E-state index contributed by atoms with van der Waals surface area (Å²) in [6, 6.07) is 8.33. The van der Waals surface area contributed by atoms with Gasteiger partial charge in [-0.1, -0.05) is 18.2 Å². The van der Waals surface area contributed by atoms with Gasteiger partial charge in [-0.25, -0.2) is 0 Å². The maximum atomic E-state index is 8.17. The maximum absolute atomic E-state index is 8.17. The average Bonchev–Trinajstić information content (AvgIpc) is 2.70. The molecular formula is C12H16N2. The van der Waals surface area contributed by atoms with Gasteiger partial charge in [-0.2, -0.15) is 0 Å². The van der Waals surface area contributed by atoms with E-state index in [4.69, 9.17) is 1.37 Å². The average molecular weight is 189 g/mol. The number of fused-ring (bicyclic) bond motifs is 1. The van der Waals surface area contributed by atoms with Crippen LogP contribution >= 0.6 is 0 Å². The Bertz CT molecular complexity index is 372. The van der Waals surface area contributed by atoms with Crippen LogP contribution in [0.5, 0.6) is 0 Å². The lowest BCUT2D eigenvalue weighted by Gasteiger charge is -2.35. The Labute approximate surface area is 86.1 Å². The molecule has 2 unspecified atom stereocenters. The molecule has 2 nitrogen and oxygen atoms in total. The van der Waals surface area contributed by atoms with Gasteiger partial charge >= 0.3 is 0 Å². The molecule has 74 valence electrons. The van der Waals surface area contributed by atoms with E-state index in [1.54, 1.807) is 0 Å². The van der Waals surface area contributed by atoms with Gasteiger partial charge in [0.25, 0.3) is 0 Å². The molecule has 0 saturated carbocycles. The van der Waals surface area contributed by atoms with E-state index in [0.29, 0.717) is 0 Å². The monoisotopic (exact) mass is 189 g/mol. The van der Waals surface area contributed by atoms with Crippen LogP contribution in [0.3, 0.4) is 0 Å². The number of rotatable bonds is 0. The summed E-state index contributed by atoms with van der Waals surface area (Å²) >= 11 is 0. The third kappa shape index (κ3) is 1.22. The van der Waals surface area contributed by atoms with Crippen LogP contribution < -0.4 is 10.6 Å². The molecule has 1 saturated heterocycles. The summed E-state index contributed by atoms with van der Waals surface area (Å²) in [6.07, 6.45) is 3.30. The lowest BCUT2D eigenvalue weighted by atomic mass is 9.85. The van der Waals surface area contributed by atoms with Crippen molar-refractivity contribution in [2.75, 3.05) is 18.4 Å². The van der Waals surface area contributed by atoms with Gasteiger partial charge in [-0.15, -0.1) is 0 Å². The van der Waals surface area contributed by atoms with Crippen molar-refractivity contribution < 1.29 is 1.37 Å². The molecule has 0 amide bonds. The Morgan fingerprint density at radius 3 is 3.14 bits per heavy atom. The minimum absolute atomic E-state index is 0.0195. The predicted molar refractivity (Wildman–Crippen MR) is 58.6 cm³/mol. The molecule has 2 N–H and O–H groups in total. The molecule has 2 heterocycles. The van der Waals surface area contributed by atoms with E-state index in [1.165, 1.54) is 12.0 Å². The standard InChI is InChI=1S/C12H16N2/c1-2-5-11-10(4-1)8-12(9-13-11)6-3-7-14-12/h1-2,4-5,13-14H,3,6-9H2/i9D. The van der Waals surface area contributed by atoms with Crippen molar-refractivity contribution in [3.05, 3.63) is 29.8 Å². The predicted octanol–water partition coefficient (Wildman–Crippen LogP) is 1.78. The molecule has 0 aliphatic carbocycles. The zero-order valence-corrected chi connectivity index (χ0v) is 8.22. The molecule has 2 aliphatic heterocycles. The van der Waals surface area contributed by atoms with E-state index >= 15 is 0 Å². The topological polar surface area (TPSA) is 24.1 Å². The number of para-hydroxylation sites is 1. The number of anilines is 1. The van der Waals surface area contributed by atoms with Gasteiger partial charge in [0.05, 0.1) is 1.37 Å². The van der Waals surface area contributed by atoms with E-state index in [9.17, 15) is 0 Å². The quantitative estimate of drug-likeness (QED) is 0.650. The molecule has 1 aromatic carbocycles. The molecule has 1 fully saturated rings. The SMILES string of the molecule is [2H]C1Nc2ccccc2CC12CCCN2. The fraction of sp³-hybridized carbons (Fsp3) is 0.500. The molecule has 0 radical (unpaired) electrons. The van der Waals surface area contributed by atoms with E-state index < -0.39 is 0 Å². The van der Waals surface area contributed by atoms with Crippen LogP contribution in [0.15, 0.2) is 24.3 Å². The Hall–Kier alpha value is -1.02. The van der Waals surface area contributed by atoms with Gasteiger partial charge < -0.3 is 10.6 Å². The first-order chi connectivity index (χ1) is 7.30. The van der Waals surface area contributed by atoms with Crippen LogP contribution in [-0.2, 0) is 6.42 Å². The minimum Gasteiger partial charge on any atom is -0.383 e. The van der Waals surface area contributed by atoms with Crippen molar-refractivity contribution in [2.24, 2.45) is 0 Å². The molecule has 2 heteroatoms. The van der Waals surface area contributed by atoms with E-state index in [1.807, 2.05) is 6.07 Å². The van der Waals surface area contributed by atoms with Crippen LogP contribution in [0, 0.1) is 0 Å². The van der Waals surface area contributed by atoms with Crippen LogP contribution in [0.25, 0.3) is 0 Å². The highest BCUT2D eigenvalue weighted by Gasteiger charge is 2.36. The highest BCUT2D eigenvalue weighted by atomic mass is 15.1. The minimum atomic E-state index is -0.213. The van der Waals surface area contributed by atoms with Crippen molar-refractivity contribution in [1.82, 2.24) is 5.32 Å². The number of nitrogens with one attached hydrogen (secondary N) is 2. The fourth-order valence-electron chi connectivity index (χ4n) is 2.53. The van der Waals surface area contributed by atoms with Crippen molar-refractivity contribution in [1.29, 1.82) is 0 Å². The number of hydrogen-bond donors (Lipinski definition) is 2. The first-order valence-corrected chi connectivity index (χ1v) is 5.32. The Kier molecular flexibility index (Phi) is 1.56. The summed E-state index contributed by atoms with van der Waals surface area (Å²) in [5.41, 5.74) is 2.46. The second-order valence-corrected chi connectivity index (χ2v) is 4.31. The van der Waals surface area contributed by atoms with Gasteiger partial charge in [0.15, 0.2) is 0 Å². The Morgan fingerprint density at radius 2 is 2.29 bits per heavy atom. The zero-order valence-electron chi connectivity index (χ0n) is 9.22. The van der Waals surface area contributed by atoms with Crippen LogP contribution in [-0.4, -0.2) is 18.6 Å². The lowest BCUT2D eigenvalue weighted by Crippen LogP contribution is -2.50. The zero-order chi connectivity index (χ0) is 10.3. The van der Waals surface area contributed by atoms with Gasteiger partial charge in [-0.3, -0.25) is 0 Å². The highest BCUT2D eigenvalue weighted by Crippen LogP contribution is 2.31. The van der Waals surface area contributed by atoms with Gasteiger partial charge in [0.2, 0.25) is 0 Å². The Balaban J connectivity index is 1.98. The summed E-state index contributed by atoms with van der Waals surface area (Å²) in [6.45, 7) is 0.842. The second-order valence-electron chi connectivity index (χ2n) is 4.31. The van der Waals surface area contributed by atoms with Crippen LogP contribution in [0.2, 0.25) is 0 Å². The summed E-state index contributed by atoms with van der Waals surface area (Å²) < 4.78 is 8.17. The lowest BCUT2D eigenvalue weighted by molar-refractivity contribution is 0.385. The molecule has 2 aliphatic rings. The molecular weight excluding hydrogens is 172 g/mol. The van der Waals surface area contributed by atoms with Crippen molar-refractivity contribution in [2.45, 2.75) is 24.8 Å². The Morgan fingerprint density at radius 1 is 1.36 bits per heavy atom. The van der Waals surface area contributed by atoms with Crippen LogP contribution in [0.1, 0.15) is 19.8 Å². The van der Waals surface area contributed by atoms with Gasteiger partial charge in [0.1, 0.15) is 0 Å². The van der Waals surface area contributed by atoms with Crippen molar-refractivity contribution in [3.8, 4) is 0 Å². The van der Waals surface area contributed by atoms with Crippen molar-refractivity contribution >= 4 is 5.69 Å². The third-order valence-electron chi connectivity index (χ3n) is 3.30. The number of hydrogen-bond acceptors (Lipinski definition) is 2.